The second-order valence-electron chi connectivity index (χ2n) is 8.33. The molecule has 2 atom stereocenters. The highest BCUT2D eigenvalue weighted by molar-refractivity contribution is 6.02. The molecule has 6 heteroatoms. The summed E-state index contributed by atoms with van der Waals surface area (Å²) in [6.07, 6.45) is 4.64. The molecule has 1 N–H and O–H groups in total. The van der Waals surface area contributed by atoms with Crippen LogP contribution in [0.15, 0.2) is 71.3 Å². The van der Waals surface area contributed by atoms with E-state index in [4.69, 9.17) is 13.9 Å². The Kier molecular flexibility index (Phi) is 5.62. The number of benzene rings is 2. The number of nitrogens with zero attached hydrogens (tertiary/aromatic N) is 1. The first kappa shape index (κ1) is 20.6. The molecule has 0 radical (unpaired) electrons. The van der Waals surface area contributed by atoms with Gasteiger partial charge >= 0.3 is 0 Å². The first-order valence-electron chi connectivity index (χ1n) is 11.3. The fourth-order valence-corrected chi connectivity index (χ4v) is 4.66. The number of nitrogens with one attached hydrogen (secondary N) is 1. The van der Waals surface area contributed by atoms with E-state index in [1.807, 2.05) is 65.6 Å². The Hall–Kier alpha value is -3.25. The van der Waals surface area contributed by atoms with Gasteiger partial charge in [0.25, 0.3) is 5.91 Å². The summed E-state index contributed by atoms with van der Waals surface area (Å²) in [6, 6.07) is 19.4. The maximum atomic E-state index is 13.6. The molecule has 2 aromatic carbocycles. The van der Waals surface area contributed by atoms with Gasteiger partial charge in [0, 0.05) is 12.3 Å². The number of fused-ring (bicyclic) bond motifs is 1. The van der Waals surface area contributed by atoms with Crippen molar-refractivity contribution in [2.45, 2.75) is 44.5 Å². The minimum absolute atomic E-state index is 0.0173. The minimum Gasteiger partial charge on any atom is -0.491 e. The lowest BCUT2D eigenvalue weighted by Crippen LogP contribution is -2.56. The number of para-hydroxylation sites is 1. The van der Waals surface area contributed by atoms with Crippen LogP contribution in [0.25, 0.3) is 0 Å². The molecule has 2 aliphatic rings. The largest absolute Gasteiger partial charge is 0.491 e. The van der Waals surface area contributed by atoms with E-state index in [-0.39, 0.29) is 12.0 Å². The van der Waals surface area contributed by atoms with Crippen LogP contribution < -0.4 is 10.1 Å². The number of hydrogen-bond donors (Lipinski definition) is 1. The summed E-state index contributed by atoms with van der Waals surface area (Å²) in [4.78, 5) is 15.5. The monoisotopic (exact) mass is 432 g/mol. The zero-order valence-corrected chi connectivity index (χ0v) is 18.3. The van der Waals surface area contributed by atoms with E-state index in [1.54, 1.807) is 6.26 Å². The Bertz CT molecular complexity index is 1060. The van der Waals surface area contributed by atoms with Crippen molar-refractivity contribution in [1.29, 1.82) is 0 Å². The first-order chi connectivity index (χ1) is 15.7. The van der Waals surface area contributed by atoms with Gasteiger partial charge in [0.1, 0.15) is 23.8 Å². The molecule has 0 bridgehead atoms. The van der Waals surface area contributed by atoms with Crippen LogP contribution in [0.4, 0.5) is 5.69 Å². The van der Waals surface area contributed by atoms with Crippen molar-refractivity contribution in [2.24, 2.45) is 0 Å². The van der Waals surface area contributed by atoms with Crippen molar-refractivity contribution < 1.29 is 18.7 Å². The standard InChI is InChI=1S/C26H28N2O4/c1-2-26(19-11-13-20(14-12-19)32-18-22-8-6-16-31-22)27-24-10-4-3-9-23(24)25(29)28(26)17-21-7-5-15-30-21/h3-5,7,9-15,22,27H,2,6,8,16-18H2,1H3. The predicted octanol–water partition coefficient (Wildman–Crippen LogP) is 5.17. The van der Waals surface area contributed by atoms with E-state index in [0.717, 1.165) is 42.2 Å². The lowest BCUT2D eigenvalue weighted by Gasteiger charge is -2.48. The van der Waals surface area contributed by atoms with Crippen molar-refractivity contribution in [2.75, 3.05) is 18.5 Å². The number of ether oxygens (including phenoxy) is 2. The Labute approximate surface area is 188 Å². The smallest absolute Gasteiger partial charge is 0.258 e. The van der Waals surface area contributed by atoms with Gasteiger partial charge in [0.15, 0.2) is 0 Å². The Balaban J connectivity index is 1.47. The molecule has 166 valence electrons. The van der Waals surface area contributed by atoms with E-state index in [9.17, 15) is 4.79 Å². The molecule has 0 aliphatic carbocycles. The van der Waals surface area contributed by atoms with E-state index >= 15 is 0 Å². The number of furan rings is 1. The normalized spacial score (nSPS) is 22.5. The van der Waals surface area contributed by atoms with Crippen molar-refractivity contribution in [3.05, 3.63) is 83.8 Å². The third-order valence-electron chi connectivity index (χ3n) is 6.40. The lowest BCUT2D eigenvalue weighted by atomic mass is 9.89. The maximum Gasteiger partial charge on any atom is 0.258 e. The van der Waals surface area contributed by atoms with Gasteiger partial charge in [-0.2, -0.15) is 0 Å². The predicted molar refractivity (Wildman–Crippen MR) is 122 cm³/mol. The van der Waals surface area contributed by atoms with Crippen molar-refractivity contribution in [3.63, 3.8) is 0 Å². The number of carbonyl (C=O) groups excluding carboxylic acids is 1. The summed E-state index contributed by atoms with van der Waals surface area (Å²) in [5, 5.41) is 3.67. The lowest BCUT2D eigenvalue weighted by molar-refractivity contribution is 0.0430. The third kappa shape index (κ3) is 3.75. The Morgan fingerprint density at radius 3 is 2.69 bits per heavy atom. The van der Waals surface area contributed by atoms with Crippen LogP contribution >= 0.6 is 0 Å². The topological polar surface area (TPSA) is 63.9 Å². The molecule has 2 aliphatic heterocycles. The van der Waals surface area contributed by atoms with Crippen LogP contribution in [0.1, 0.15) is 47.9 Å². The molecule has 1 aromatic heterocycles. The first-order valence-corrected chi connectivity index (χ1v) is 11.3. The quantitative estimate of drug-likeness (QED) is 0.558. The number of hydrogen-bond acceptors (Lipinski definition) is 5. The van der Waals surface area contributed by atoms with Gasteiger partial charge in [-0.3, -0.25) is 4.79 Å². The minimum atomic E-state index is -0.703. The molecule has 1 amide bonds. The maximum absolute atomic E-state index is 13.6. The van der Waals surface area contributed by atoms with Gasteiger partial charge in [-0.05, 0) is 61.2 Å². The average molecular weight is 433 g/mol. The summed E-state index contributed by atoms with van der Waals surface area (Å²) in [6.45, 7) is 3.84. The number of rotatable bonds is 7. The Morgan fingerprint density at radius 2 is 1.97 bits per heavy atom. The van der Waals surface area contributed by atoms with Gasteiger partial charge in [-0.25, -0.2) is 0 Å². The highest BCUT2D eigenvalue weighted by atomic mass is 16.5. The Morgan fingerprint density at radius 1 is 1.12 bits per heavy atom. The molecule has 32 heavy (non-hydrogen) atoms. The highest BCUT2D eigenvalue weighted by Gasteiger charge is 2.45. The number of anilines is 1. The summed E-state index contributed by atoms with van der Waals surface area (Å²) < 4.78 is 17.2. The fraction of sp³-hybridized carbons (Fsp3) is 0.346. The van der Waals surface area contributed by atoms with Crippen LogP contribution in [0, 0.1) is 0 Å². The van der Waals surface area contributed by atoms with Crippen LogP contribution in [0.2, 0.25) is 0 Å². The second-order valence-corrected chi connectivity index (χ2v) is 8.33. The summed E-state index contributed by atoms with van der Waals surface area (Å²) >= 11 is 0. The van der Waals surface area contributed by atoms with Gasteiger partial charge in [0.2, 0.25) is 0 Å². The van der Waals surface area contributed by atoms with Crippen LogP contribution in [-0.2, 0) is 16.9 Å². The van der Waals surface area contributed by atoms with Gasteiger partial charge < -0.3 is 24.1 Å². The van der Waals surface area contributed by atoms with Gasteiger partial charge in [-0.1, -0.05) is 31.2 Å². The molecule has 3 aromatic rings. The summed E-state index contributed by atoms with van der Waals surface area (Å²) in [5.41, 5.74) is 1.80. The van der Waals surface area contributed by atoms with Crippen molar-refractivity contribution in [1.82, 2.24) is 4.90 Å². The zero-order valence-electron chi connectivity index (χ0n) is 18.3. The number of amides is 1. The molecule has 6 nitrogen and oxygen atoms in total. The average Bonchev–Trinajstić information content (AvgIpc) is 3.54. The molecule has 5 rings (SSSR count). The molecule has 1 fully saturated rings. The molecule has 1 saturated heterocycles. The molecule has 0 spiro atoms. The van der Waals surface area contributed by atoms with E-state index in [2.05, 4.69) is 12.2 Å². The van der Waals surface area contributed by atoms with Crippen LogP contribution in [0.3, 0.4) is 0 Å². The van der Waals surface area contributed by atoms with Crippen LogP contribution in [-0.4, -0.2) is 30.1 Å². The van der Waals surface area contributed by atoms with Gasteiger partial charge in [0.05, 0.1) is 24.5 Å². The molecular formula is C26H28N2O4. The molecule has 0 saturated carbocycles. The van der Waals surface area contributed by atoms with Crippen LogP contribution in [0.5, 0.6) is 5.75 Å². The molecule has 2 unspecified atom stereocenters. The highest BCUT2D eigenvalue weighted by Crippen LogP contribution is 2.41. The van der Waals surface area contributed by atoms with E-state index < -0.39 is 5.66 Å². The summed E-state index contributed by atoms with van der Waals surface area (Å²) in [5.74, 6) is 1.53. The van der Waals surface area contributed by atoms with Gasteiger partial charge in [-0.15, -0.1) is 0 Å². The fourth-order valence-electron chi connectivity index (χ4n) is 4.66. The second kappa shape index (κ2) is 8.71. The molecule has 3 heterocycles. The SMILES string of the molecule is CCC1(c2ccc(OCC3CCCO3)cc2)Nc2ccccc2C(=O)N1Cc1ccco1. The van der Waals surface area contributed by atoms with E-state index in [1.165, 1.54) is 0 Å². The van der Waals surface area contributed by atoms with Crippen molar-refractivity contribution in [3.8, 4) is 5.75 Å². The van der Waals surface area contributed by atoms with Crippen molar-refractivity contribution >= 4 is 11.6 Å². The summed E-state index contributed by atoms with van der Waals surface area (Å²) in [7, 11) is 0. The number of carbonyl (C=O) groups is 1. The third-order valence-corrected chi connectivity index (χ3v) is 6.40. The van der Waals surface area contributed by atoms with E-state index in [0.29, 0.717) is 25.1 Å². The molecular weight excluding hydrogens is 404 g/mol. The zero-order chi connectivity index (χ0) is 22.0.